The molecule has 0 bridgehead atoms. The lowest BCUT2D eigenvalue weighted by molar-refractivity contribution is -0.149. The Morgan fingerprint density at radius 1 is 1.20 bits per heavy atom. The van der Waals surface area contributed by atoms with Gasteiger partial charge in [0, 0.05) is 20.1 Å². The van der Waals surface area contributed by atoms with Crippen LogP contribution in [0.1, 0.15) is 38.8 Å². The van der Waals surface area contributed by atoms with Gasteiger partial charge in [0.1, 0.15) is 5.60 Å². The number of amides is 2. The molecule has 1 aromatic rings. The summed E-state index contributed by atoms with van der Waals surface area (Å²) in [7, 11) is 3.16. The van der Waals surface area contributed by atoms with E-state index < -0.39 is 47.5 Å². The summed E-state index contributed by atoms with van der Waals surface area (Å²) in [5, 5.41) is 15.1. The van der Waals surface area contributed by atoms with Gasteiger partial charge in [-0.05, 0) is 32.8 Å². The molecule has 3 atom stereocenters. The van der Waals surface area contributed by atoms with Crippen LogP contribution in [-0.2, 0) is 19.1 Å². The van der Waals surface area contributed by atoms with E-state index in [0.717, 1.165) is 0 Å². The summed E-state index contributed by atoms with van der Waals surface area (Å²) < 4.78 is 5.09. The van der Waals surface area contributed by atoms with Gasteiger partial charge in [0.15, 0.2) is 11.3 Å². The molecule has 0 aliphatic carbocycles. The average Bonchev–Trinajstić information content (AvgIpc) is 3.07. The second kappa shape index (κ2) is 8.83. The van der Waals surface area contributed by atoms with Crippen LogP contribution in [0.5, 0.6) is 0 Å². The number of carboxylic acid groups (broad SMARTS) is 1. The molecule has 1 heterocycles. The zero-order valence-electron chi connectivity index (χ0n) is 17.9. The number of carbonyl (C=O) groups excluding carboxylic acids is 3. The summed E-state index contributed by atoms with van der Waals surface area (Å²) in [6.45, 7) is 4.48. The lowest BCUT2D eigenvalue weighted by Crippen LogP contribution is -2.57. The van der Waals surface area contributed by atoms with Crippen molar-refractivity contribution >= 4 is 23.8 Å². The number of nitrogens with zero attached hydrogens (tertiary/aromatic N) is 1. The van der Waals surface area contributed by atoms with Crippen LogP contribution < -0.4 is 10.6 Å². The zero-order chi connectivity index (χ0) is 22.7. The molecule has 1 aliphatic heterocycles. The van der Waals surface area contributed by atoms with Crippen LogP contribution in [0.4, 0.5) is 4.79 Å². The Morgan fingerprint density at radius 3 is 2.30 bits per heavy atom. The Balaban J connectivity index is 2.30. The number of ether oxygens (including phenoxy) is 1. The number of alkyl carbamates (subject to hydrolysis) is 1. The Kier molecular flexibility index (Phi) is 6.87. The molecule has 1 saturated heterocycles. The van der Waals surface area contributed by atoms with Crippen molar-refractivity contribution in [3.8, 4) is 0 Å². The third-order valence-electron chi connectivity index (χ3n) is 4.88. The van der Waals surface area contributed by atoms with Crippen molar-refractivity contribution < 1.29 is 29.0 Å². The van der Waals surface area contributed by atoms with Gasteiger partial charge in [-0.3, -0.25) is 14.9 Å². The molecule has 30 heavy (non-hydrogen) atoms. The fraction of sp³-hybridized carbons (Fsp3) is 0.524. The minimum atomic E-state index is -2.01. The third-order valence-corrected chi connectivity index (χ3v) is 4.88. The number of carboxylic acids is 1. The first kappa shape index (κ1) is 23.3. The quantitative estimate of drug-likeness (QED) is 0.594. The lowest BCUT2D eigenvalue weighted by atomic mass is 9.85. The van der Waals surface area contributed by atoms with E-state index in [4.69, 9.17) is 4.74 Å². The Morgan fingerprint density at radius 2 is 1.80 bits per heavy atom. The third kappa shape index (κ3) is 5.15. The van der Waals surface area contributed by atoms with Crippen LogP contribution in [0.25, 0.3) is 0 Å². The standard InChI is InChI=1S/C21H29N3O6/c1-20(2,3)30-19(29)22-12-15(25)21(18(27)28)11-14(17(26)24(4)5)16(23-21)13-9-7-6-8-10-13/h6-10,14,16,23H,11-12H2,1-5H3,(H,22,29)(H,27,28). The Bertz CT molecular complexity index is 818. The summed E-state index contributed by atoms with van der Waals surface area (Å²) in [5.74, 6) is -3.19. The monoisotopic (exact) mass is 419 g/mol. The predicted molar refractivity (Wildman–Crippen MR) is 109 cm³/mol. The first-order valence-electron chi connectivity index (χ1n) is 9.65. The van der Waals surface area contributed by atoms with Gasteiger partial charge in [0.25, 0.3) is 0 Å². The topological polar surface area (TPSA) is 125 Å². The van der Waals surface area contributed by atoms with Crippen LogP contribution in [0.2, 0.25) is 0 Å². The normalized spacial score (nSPS) is 23.5. The first-order valence-corrected chi connectivity index (χ1v) is 9.65. The van der Waals surface area contributed by atoms with Crippen LogP contribution in [0, 0.1) is 5.92 Å². The number of carbonyl (C=O) groups is 4. The molecule has 0 aromatic heterocycles. The highest BCUT2D eigenvalue weighted by atomic mass is 16.6. The van der Waals surface area contributed by atoms with E-state index in [0.29, 0.717) is 5.56 Å². The highest BCUT2D eigenvalue weighted by Crippen LogP contribution is 2.39. The molecule has 1 aliphatic rings. The predicted octanol–water partition coefficient (Wildman–Crippen LogP) is 1.34. The molecule has 9 nitrogen and oxygen atoms in total. The van der Waals surface area contributed by atoms with Gasteiger partial charge in [0.05, 0.1) is 12.5 Å². The highest BCUT2D eigenvalue weighted by molar-refractivity contribution is 6.10. The maximum atomic E-state index is 13.0. The maximum absolute atomic E-state index is 13.0. The van der Waals surface area contributed by atoms with Gasteiger partial charge in [-0.15, -0.1) is 0 Å². The molecule has 2 amide bonds. The van der Waals surface area contributed by atoms with Crippen molar-refractivity contribution in [1.29, 1.82) is 0 Å². The lowest BCUT2D eigenvalue weighted by Gasteiger charge is -2.25. The van der Waals surface area contributed by atoms with Crippen molar-refractivity contribution in [3.05, 3.63) is 35.9 Å². The fourth-order valence-corrected chi connectivity index (χ4v) is 3.49. The van der Waals surface area contributed by atoms with Crippen molar-refractivity contribution in [2.45, 2.75) is 44.4 Å². The first-order chi connectivity index (χ1) is 13.9. The highest BCUT2D eigenvalue weighted by Gasteiger charge is 2.57. The van der Waals surface area contributed by atoms with E-state index in [1.54, 1.807) is 59.1 Å². The molecule has 164 valence electrons. The van der Waals surface area contributed by atoms with Gasteiger partial charge in [-0.25, -0.2) is 9.59 Å². The number of aliphatic carboxylic acids is 1. The number of rotatable bonds is 6. The molecular weight excluding hydrogens is 390 g/mol. The number of hydrogen-bond acceptors (Lipinski definition) is 6. The molecule has 9 heteroatoms. The second-order valence-electron chi connectivity index (χ2n) is 8.57. The molecule has 2 rings (SSSR count). The second-order valence-corrected chi connectivity index (χ2v) is 8.57. The van der Waals surface area contributed by atoms with Gasteiger partial charge in [-0.2, -0.15) is 0 Å². The van der Waals surface area contributed by atoms with E-state index in [9.17, 15) is 24.3 Å². The number of benzene rings is 1. The number of nitrogens with one attached hydrogen (secondary N) is 2. The number of hydrogen-bond donors (Lipinski definition) is 3. The molecule has 0 radical (unpaired) electrons. The summed E-state index contributed by atoms with van der Waals surface area (Å²) in [6, 6.07) is 8.25. The van der Waals surface area contributed by atoms with E-state index >= 15 is 0 Å². The van der Waals surface area contributed by atoms with Crippen molar-refractivity contribution in [2.24, 2.45) is 5.92 Å². The largest absolute Gasteiger partial charge is 0.480 e. The van der Waals surface area contributed by atoms with E-state index in [1.165, 1.54) is 4.90 Å². The molecular formula is C21H29N3O6. The summed E-state index contributed by atoms with van der Waals surface area (Å²) in [6.07, 6.45) is -1.05. The number of Topliss-reactive ketones (excluding diaryl/α,β-unsaturated/α-hetero) is 1. The summed E-state index contributed by atoms with van der Waals surface area (Å²) in [5.41, 5.74) is -2.06. The summed E-state index contributed by atoms with van der Waals surface area (Å²) in [4.78, 5) is 51.2. The van der Waals surface area contributed by atoms with E-state index in [2.05, 4.69) is 10.6 Å². The summed E-state index contributed by atoms with van der Waals surface area (Å²) >= 11 is 0. The maximum Gasteiger partial charge on any atom is 0.408 e. The van der Waals surface area contributed by atoms with Gasteiger partial charge < -0.3 is 20.1 Å². The van der Waals surface area contributed by atoms with E-state index in [-0.39, 0.29) is 12.3 Å². The Hall–Kier alpha value is -2.94. The molecule has 1 fully saturated rings. The molecule has 1 aromatic carbocycles. The van der Waals surface area contributed by atoms with Crippen molar-refractivity contribution in [1.82, 2.24) is 15.5 Å². The van der Waals surface area contributed by atoms with Gasteiger partial charge >= 0.3 is 12.1 Å². The zero-order valence-corrected chi connectivity index (χ0v) is 17.9. The average molecular weight is 419 g/mol. The molecule has 3 N–H and O–H groups in total. The van der Waals surface area contributed by atoms with Crippen LogP contribution in [0.3, 0.4) is 0 Å². The number of ketones is 1. The fourth-order valence-electron chi connectivity index (χ4n) is 3.49. The minimum Gasteiger partial charge on any atom is -0.480 e. The molecule has 0 spiro atoms. The molecule has 3 unspecified atom stereocenters. The van der Waals surface area contributed by atoms with Crippen LogP contribution in [-0.4, -0.2) is 65.5 Å². The van der Waals surface area contributed by atoms with E-state index in [1.807, 2.05) is 6.07 Å². The SMILES string of the molecule is CN(C)C(=O)C1CC(C(=O)O)(C(=O)CNC(=O)OC(C)(C)C)NC1c1ccccc1. The molecule has 0 saturated carbocycles. The van der Waals surface area contributed by atoms with Gasteiger partial charge in [-0.1, -0.05) is 30.3 Å². The van der Waals surface area contributed by atoms with Crippen molar-refractivity contribution in [3.63, 3.8) is 0 Å². The van der Waals surface area contributed by atoms with Crippen LogP contribution in [0.15, 0.2) is 30.3 Å². The smallest absolute Gasteiger partial charge is 0.408 e. The minimum absolute atomic E-state index is 0.228. The van der Waals surface area contributed by atoms with Crippen LogP contribution >= 0.6 is 0 Å². The Labute approximate surface area is 175 Å². The van der Waals surface area contributed by atoms with Crippen molar-refractivity contribution in [2.75, 3.05) is 20.6 Å². The van der Waals surface area contributed by atoms with Gasteiger partial charge in [0.2, 0.25) is 5.91 Å².